The van der Waals surface area contributed by atoms with E-state index in [-0.39, 0.29) is 0 Å². The van der Waals surface area contributed by atoms with Crippen molar-refractivity contribution in [2.45, 2.75) is 6.92 Å². The molecule has 2 heteroatoms. The summed E-state index contributed by atoms with van der Waals surface area (Å²) in [6, 6.07) is 9.84. The highest BCUT2D eigenvalue weighted by molar-refractivity contribution is 7.13. The largest absolute Gasteiger partial charge is 0.298 e. The van der Waals surface area contributed by atoms with Crippen LogP contribution in [-0.4, -0.2) is 6.29 Å². The van der Waals surface area contributed by atoms with Crippen LogP contribution in [0.3, 0.4) is 0 Å². The van der Waals surface area contributed by atoms with Crippen molar-refractivity contribution >= 4 is 17.6 Å². The van der Waals surface area contributed by atoms with Crippen molar-refractivity contribution < 1.29 is 4.79 Å². The third-order valence-electron chi connectivity index (χ3n) is 2.20. The number of thiophene rings is 1. The monoisotopic (exact) mass is 202 g/mol. The van der Waals surface area contributed by atoms with Crippen molar-refractivity contribution in [1.29, 1.82) is 0 Å². The minimum atomic E-state index is 0.771. The second-order valence-corrected chi connectivity index (χ2v) is 4.08. The Morgan fingerprint density at radius 2 is 2.07 bits per heavy atom. The highest BCUT2D eigenvalue weighted by Gasteiger charge is 2.07. The van der Waals surface area contributed by atoms with Gasteiger partial charge in [0.2, 0.25) is 0 Å². The van der Waals surface area contributed by atoms with Gasteiger partial charge in [0.1, 0.15) is 0 Å². The summed E-state index contributed by atoms with van der Waals surface area (Å²) in [6.07, 6.45) is 0.919. The smallest absolute Gasteiger partial charge is 0.150 e. The van der Waals surface area contributed by atoms with Gasteiger partial charge in [0.15, 0.2) is 6.29 Å². The molecule has 0 aliphatic carbocycles. The topological polar surface area (TPSA) is 17.1 Å². The van der Waals surface area contributed by atoms with Crippen molar-refractivity contribution in [1.82, 2.24) is 0 Å². The molecule has 0 aliphatic heterocycles. The lowest BCUT2D eigenvalue weighted by Gasteiger charge is -2.05. The van der Waals surface area contributed by atoms with E-state index < -0.39 is 0 Å². The molecule has 0 fully saturated rings. The van der Waals surface area contributed by atoms with Crippen molar-refractivity contribution in [3.05, 3.63) is 46.8 Å². The minimum absolute atomic E-state index is 0.771. The van der Waals surface area contributed by atoms with E-state index in [0.29, 0.717) is 0 Å². The van der Waals surface area contributed by atoms with E-state index in [1.165, 1.54) is 0 Å². The third kappa shape index (κ3) is 1.49. The Kier molecular flexibility index (Phi) is 2.46. The number of carbonyl (C=O) groups excluding carboxylic acids is 1. The molecule has 0 saturated carbocycles. The maximum Gasteiger partial charge on any atom is 0.150 e. The molecule has 1 aromatic heterocycles. The van der Waals surface area contributed by atoms with Gasteiger partial charge in [-0.3, -0.25) is 4.79 Å². The summed E-state index contributed by atoms with van der Waals surface area (Å²) in [5.41, 5.74) is 2.99. The predicted octanol–water partition coefficient (Wildman–Crippen LogP) is 3.54. The lowest BCUT2D eigenvalue weighted by Crippen LogP contribution is -1.88. The molecule has 0 amide bonds. The molecule has 14 heavy (non-hydrogen) atoms. The van der Waals surface area contributed by atoms with Crippen LogP contribution in [0.5, 0.6) is 0 Å². The fourth-order valence-corrected chi connectivity index (χ4v) is 2.40. The number of aldehydes is 1. The first-order valence-corrected chi connectivity index (χ1v) is 5.29. The maximum atomic E-state index is 10.9. The molecule has 0 bridgehead atoms. The van der Waals surface area contributed by atoms with Crippen LogP contribution in [0.1, 0.15) is 15.9 Å². The normalized spacial score (nSPS) is 10.1. The predicted molar refractivity (Wildman–Crippen MR) is 59.9 cm³/mol. The first-order chi connectivity index (χ1) is 6.83. The number of aryl methyl sites for hydroxylation is 1. The Labute approximate surface area is 87.0 Å². The molecule has 2 aromatic rings. The number of benzene rings is 1. The van der Waals surface area contributed by atoms with Crippen LogP contribution < -0.4 is 0 Å². The van der Waals surface area contributed by atoms with Crippen LogP contribution in [0.2, 0.25) is 0 Å². The van der Waals surface area contributed by atoms with Crippen LogP contribution >= 0.6 is 11.3 Å². The molecule has 70 valence electrons. The molecular weight excluding hydrogens is 192 g/mol. The number of rotatable bonds is 2. The number of carbonyl (C=O) groups is 1. The van der Waals surface area contributed by atoms with Gasteiger partial charge < -0.3 is 0 Å². The lowest BCUT2D eigenvalue weighted by atomic mass is 10.0. The Balaban J connectivity index is 2.67. The first kappa shape index (κ1) is 9.16. The molecule has 2 rings (SSSR count). The summed E-state index contributed by atoms with van der Waals surface area (Å²) in [7, 11) is 0. The SMILES string of the molecule is Cc1cccc(C=O)c1-c1cccs1. The average Bonchev–Trinajstić information content (AvgIpc) is 2.70. The summed E-state index contributed by atoms with van der Waals surface area (Å²) in [6.45, 7) is 2.03. The summed E-state index contributed by atoms with van der Waals surface area (Å²) in [5, 5.41) is 2.02. The van der Waals surface area contributed by atoms with E-state index in [1.807, 2.05) is 42.6 Å². The molecule has 1 nitrogen and oxygen atoms in total. The molecule has 0 N–H and O–H groups in total. The van der Waals surface area contributed by atoms with Gasteiger partial charge >= 0.3 is 0 Å². The number of hydrogen-bond acceptors (Lipinski definition) is 2. The fourth-order valence-electron chi connectivity index (χ4n) is 1.55. The van der Waals surface area contributed by atoms with E-state index in [9.17, 15) is 4.79 Å². The summed E-state index contributed by atoms with van der Waals surface area (Å²) in [4.78, 5) is 12.0. The highest BCUT2D eigenvalue weighted by atomic mass is 32.1. The molecule has 0 spiro atoms. The summed E-state index contributed by atoms with van der Waals surface area (Å²) >= 11 is 1.66. The molecule has 0 aliphatic rings. The quantitative estimate of drug-likeness (QED) is 0.681. The Bertz CT molecular complexity index is 443. The third-order valence-corrected chi connectivity index (χ3v) is 3.09. The van der Waals surface area contributed by atoms with Gasteiger partial charge in [0.05, 0.1) is 0 Å². The Morgan fingerprint density at radius 3 is 2.71 bits per heavy atom. The Morgan fingerprint density at radius 1 is 1.21 bits per heavy atom. The fraction of sp³-hybridized carbons (Fsp3) is 0.0833. The average molecular weight is 202 g/mol. The molecule has 0 unspecified atom stereocenters. The second kappa shape index (κ2) is 3.76. The zero-order valence-electron chi connectivity index (χ0n) is 7.86. The van der Waals surface area contributed by atoms with Gasteiger partial charge in [0.25, 0.3) is 0 Å². The maximum absolute atomic E-state index is 10.9. The molecular formula is C12H10OS. The van der Waals surface area contributed by atoms with Crippen LogP contribution in [0.25, 0.3) is 10.4 Å². The van der Waals surface area contributed by atoms with Gasteiger partial charge in [-0.1, -0.05) is 24.3 Å². The summed E-state index contributed by atoms with van der Waals surface area (Å²) in [5.74, 6) is 0. The van der Waals surface area contributed by atoms with E-state index in [0.717, 1.165) is 27.9 Å². The molecule has 1 aromatic carbocycles. The van der Waals surface area contributed by atoms with Crippen molar-refractivity contribution in [2.24, 2.45) is 0 Å². The van der Waals surface area contributed by atoms with Crippen LogP contribution in [-0.2, 0) is 0 Å². The molecule has 0 radical (unpaired) electrons. The summed E-state index contributed by atoms with van der Waals surface area (Å²) < 4.78 is 0. The van der Waals surface area contributed by atoms with Gasteiger partial charge in [-0.15, -0.1) is 11.3 Å². The van der Waals surface area contributed by atoms with E-state index >= 15 is 0 Å². The van der Waals surface area contributed by atoms with Gasteiger partial charge in [0, 0.05) is 16.0 Å². The highest BCUT2D eigenvalue weighted by Crippen LogP contribution is 2.30. The van der Waals surface area contributed by atoms with Gasteiger partial charge in [-0.05, 0) is 23.9 Å². The van der Waals surface area contributed by atoms with Crippen molar-refractivity contribution in [3.63, 3.8) is 0 Å². The van der Waals surface area contributed by atoms with E-state index in [2.05, 4.69) is 0 Å². The minimum Gasteiger partial charge on any atom is -0.298 e. The van der Waals surface area contributed by atoms with Crippen molar-refractivity contribution in [3.8, 4) is 10.4 Å². The molecule has 0 saturated heterocycles. The Hall–Kier alpha value is -1.41. The van der Waals surface area contributed by atoms with Crippen molar-refractivity contribution in [2.75, 3.05) is 0 Å². The lowest BCUT2D eigenvalue weighted by molar-refractivity contribution is 0.112. The van der Waals surface area contributed by atoms with Crippen LogP contribution in [0.15, 0.2) is 35.7 Å². The zero-order valence-corrected chi connectivity index (χ0v) is 8.67. The molecule has 0 atom stereocenters. The number of hydrogen-bond donors (Lipinski definition) is 0. The second-order valence-electron chi connectivity index (χ2n) is 3.13. The standard InChI is InChI=1S/C12H10OS/c1-9-4-2-5-10(8-13)12(9)11-6-3-7-14-11/h2-8H,1H3. The molecule has 1 heterocycles. The van der Waals surface area contributed by atoms with E-state index in [1.54, 1.807) is 11.3 Å². The van der Waals surface area contributed by atoms with E-state index in [4.69, 9.17) is 0 Å². The van der Waals surface area contributed by atoms with Gasteiger partial charge in [-0.25, -0.2) is 0 Å². The zero-order chi connectivity index (χ0) is 9.97. The van der Waals surface area contributed by atoms with Gasteiger partial charge in [-0.2, -0.15) is 0 Å². The first-order valence-electron chi connectivity index (χ1n) is 4.41. The van der Waals surface area contributed by atoms with Crippen LogP contribution in [0, 0.1) is 6.92 Å². The van der Waals surface area contributed by atoms with Crippen LogP contribution in [0.4, 0.5) is 0 Å².